The Hall–Kier alpha value is -3.14. The molecule has 2 aliphatic rings. The van der Waals surface area contributed by atoms with E-state index < -0.39 is 15.3 Å². The molecule has 3 aromatic carbocycles. The standard InChI is InChI=1S/C20H13NO6P2/c22-28(24-16-9-3-4-10-17(16)25-28)20-13-21(15-8-2-1-7-14(15)20)29(23)26-18-11-5-6-12-19(18)27-29/h1-13H. The fraction of sp³-hybridized carbons (Fsp3) is 0. The van der Waals surface area contributed by atoms with Crippen LogP contribution in [0.2, 0.25) is 0 Å². The topological polar surface area (TPSA) is 76.0 Å². The molecule has 9 heteroatoms. The van der Waals surface area contributed by atoms with Crippen LogP contribution in [0.25, 0.3) is 10.9 Å². The van der Waals surface area contributed by atoms with E-state index >= 15 is 0 Å². The van der Waals surface area contributed by atoms with Crippen LogP contribution < -0.4 is 23.4 Å². The van der Waals surface area contributed by atoms with Gasteiger partial charge in [-0.3, -0.25) is 0 Å². The van der Waals surface area contributed by atoms with E-state index in [2.05, 4.69) is 0 Å². The van der Waals surface area contributed by atoms with Crippen molar-refractivity contribution in [1.29, 1.82) is 0 Å². The van der Waals surface area contributed by atoms with E-state index in [0.717, 1.165) is 0 Å². The smallest absolute Gasteiger partial charge is 0.409 e. The first-order valence-electron chi connectivity index (χ1n) is 8.84. The van der Waals surface area contributed by atoms with Crippen LogP contribution >= 0.6 is 15.3 Å². The molecule has 7 nitrogen and oxygen atoms in total. The second-order valence-electron chi connectivity index (χ2n) is 6.60. The van der Waals surface area contributed by atoms with Crippen LogP contribution in [0.5, 0.6) is 23.0 Å². The summed E-state index contributed by atoms with van der Waals surface area (Å²) in [7, 11) is -7.51. The van der Waals surface area contributed by atoms with Gasteiger partial charge in [0.15, 0.2) is 23.0 Å². The third-order valence-corrected chi connectivity index (χ3v) is 8.33. The molecule has 6 rings (SSSR count). The maximum atomic E-state index is 13.6. The molecule has 0 fully saturated rings. The molecule has 4 aromatic rings. The minimum absolute atomic E-state index is 0.294. The molecule has 0 atom stereocenters. The summed E-state index contributed by atoms with van der Waals surface area (Å²) in [5.41, 5.74) is 0.539. The molecule has 0 aliphatic carbocycles. The number of para-hydroxylation sites is 5. The zero-order valence-corrected chi connectivity index (χ0v) is 16.6. The lowest BCUT2D eigenvalue weighted by molar-refractivity contribution is 0.421. The Balaban J connectivity index is 1.52. The SMILES string of the molecule is O=P1(c2cn(P3(=O)Oc4ccccc4O3)c3ccccc23)Oc2ccccc2O1. The molecule has 0 amide bonds. The van der Waals surface area contributed by atoms with Gasteiger partial charge in [-0.05, 0) is 30.3 Å². The minimum Gasteiger partial charge on any atom is -0.409 e. The fourth-order valence-electron chi connectivity index (χ4n) is 3.50. The summed E-state index contributed by atoms with van der Waals surface area (Å²) in [6.07, 6.45) is 1.48. The average molecular weight is 425 g/mol. The van der Waals surface area contributed by atoms with Gasteiger partial charge in [0.2, 0.25) is 0 Å². The Kier molecular flexibility index (Phi) is 3.29. The van der Waals surface area contributed by atoms with Crippen LogP contribution in [0.1, 0.15) is 0 Å². The van der Waals surface area contributed by atoms with Gasteiger partial charge in [-0.25, -0.2) is 13.5 Å². The largest absolute Gasteiger partial charge is 0.548 e. The highest BCUT2D eigenvalue weighted by Crippen LogP contribution is 2.62. The molecule has 0 unspecified atom stereocenters. The van der Waals surface area contributed by atoms with Crippen molar-refractivity contribution < 1.29 is 27.2 Å². The highest BCUT2D eigenvalue weighted by molar-refractivity contribution is 7.64. The third kappa shape index (κ3) is 2.38. The molecular formula is C20H13NO6P2. The number of benzene rings is 3. The number of nitrogens with zero attached hydrogens (tertiary/aromatic N) is 1. The second kappa shape index (κ2) is 5.69. The number of rotatable bonds is 2. The highest BCUT2D eigenvalue weighted by atomic mass is 31.2. The lowest BCUT2D eigenvalue weighted by Crippen LogP contribution is -2.10. The van der Waals surface area contributed by atoms with Crippen molar-refractivity contribution in [1.82, 2.24) is 4.34 Å². The number of aromatic nitrogens is 1. The Morgan fingerprint density at radius 3 is 1.69 bits per heavy atom. The lowest BCUT2D eigenvalue weighted by atomic mass is 10.2. The summed E-state index contributed by atoms with van der Waals surface area (Å²) in [4.78, 5) is 0. The highest BCUT2D eigenvalue weighted by Gasteiger charge is 2.45. The van der Waals surface area contributed by atoms with Gasteiger partial charge in [0.1, 0.15) is 5.30 Å². The van der Waals surface area contributed by atoms with Gasteiger partial charge in [-0.1, -0.05) is 42.5 Å². The molecule has 29 heavy (non-hydrogen) atoms. The minimum atomic E-state index is -3.79. The third-order valence-electron chi connectivity index (χ3n) is 4.79. The van der Waals surface area contributed by atoms with Crippen LogP contribution in [-0.2, 0) is 9.13 Å². The van der Waals surface area contributed by atoms with Crippen molar-refractivity contribution in [3.05, 3.63) is 79.0 Å². The molecule has 144 valence electrons. The first-order chi connectivity index (χ1) is 14.1. The molecule has 0 bridgehead atoms. The quantitative estimate of drug-likeness (QED) is 0.403. The van der Waals surface area contributed by atoms with Crippen LogP contribution in [0, 0.1) is 0 Å². The predicted molar refractivity (Wildman–Crippen MR) is 108 cm³/mol. The first kappa shape index (κ1) is 16.8. The molecule has 0 radical (unpaired) electrons. The molecular weight excluding hydrogens is 412 g/mol. The maximum absolute atomic E-state index is 13.6. The van der Waals surface area contributed by atoms with Gasteiger partial charge in [0, 0.05) is 11.6 Å². The van der Waals surface area contributed by atoms with Gasteiger partial charge in [0.25, 0.3) is 0 Å². The fourth-order valence-corrected chi connectivity index (χ4v) is 7.09. The van der Waals surface area contributed by atoms with Gasteiger partial charge in [-0.15, -0.1) is 0 Å². The van der Waals surface area contributed by atoms with E-state index in [1.54, 1.807) is 72.8 Å². The summed E-state index contributed by atoms with van der Waals surface area (Å²) in [6, 6.07) is 21.0. The van der Waals surface area contributed by atoms with Crippen LogP contribution in [0.3, 0.4) is 0 Å². The molecule has 0 N–H and O–H groups in total. The first-order valence-corrected chi connectivity index (χ1v) is 11.9. The predicted octanol–water partition coefficient (Wildman–Crippen LogP) is 5.36. The molecule has 1 aromatic heterocycles. The van der Waals surface area contributed by atoms with Gasteiger partial charge >= 0.3 is 15.3 Å². The zero-order chi connectivity index (χ0) is 19.6. The van der Waals surface area contributed by atoms with E-state index in [0.29, 0.717) is 39.2 Å². The van der Waals surface area contributed by atoms with Crippen molar-refractivity contribution in [2.75, 3.05) is 0 Å². The molecule has 3 heterocycles. The molecule has 0 saturated heterocycles. The normalized spacial score (nSPS) is 17.5. The van der Waals surface area contributed by atoms with Gasteiger partial charge in [0.05, 0.1) is 5.52 Å². The lowest BCUT2D eigenvalue weighted by Gasteiger charge is -2.12. The Morgan fingerprint density at radius 2 is 1.10 bits per heavy atom. The van der Waals surface area contributed by atoms with Crippen molar-refractivity contribution in [2.45, 2.75) is 0 Å². The van der Waals surface area contributed by atoms with E-state index in [9.17, 15) is 9.13 Å². The summed E-state index contributed by atoms with van der Waals surface area (Å²) in [6.45, 7) is 0. The maximum Gasteiger partial charge on any atom is 0.548 e. The number of hydrogen-bond donors (Lipinski definition) is 0. The Bertz CT molecular complexity index is 1230. The van der Waals surface area contributed by atoms with Crippen molar-refractivity contribution in [3.8, 4) is 23.0 Å². The summed E-state index contributed by atoms with van der Waals surface area (Å²) >= 11 is 0. The Labute approximate surface area is 165 Å². The summed E-state index contributed by atoms with van der Waals surface area (Å²) < 4.78 is 51.4. The van der Waals surface area contributed by atoms with E-state index in [-0.39, 0.29) is 0 Å². The van der Waals surface area contributed by atoms with Gasteiger partial charge in [-0.2, -0.15) is 0 Å². The van der Waals surface area contributed by atoms with E-state index in [1.165, 1.54) is 10.5 Å². The number of hydrogen-bond acceptors (Lipinski definition) is 6. The average Bonchev–Trinajstić information content (AvgIpc) is 3.38. The second-order valence-corrected chi connectivity index (χ2v) is 10.2. The van der Waals surface area contributed by atoms with Crippen LogP contribution in [0.15, 0.2) is 79.0 Å². The van der Waals surface area contributed by atoms with Crippen molar-refractivity contribution in [3.63, 3.8) is 0 Å². The number of fused-ring (bicyclic) bond motifs is 3. The monoisotopic (exact) mass is 425 g/mol. The zero-order valence-electron chi connectivity index (χ0n) is 14.8. The van der Waals surface area contributed by atoms with Crippen LogP contribution in [0.4, 0.5) is 0 Å². The van der Waals surface area contributed by atoms with E-state index in [1.807, 2.05) is 0 Å². The van der Waals surface area contributed by atoms with Crippen molar-refractivity contribution >= 4 is 31.5 Å². The van der Waals surface area contributed by atoms with E-state index in [4.69, 9.17) is 18.1 Å². The molecule has 0 spiro atoms. The van der Waals surface area contributed by atoms with Crippen molar-refractivity contribution in [2.24, 2.45) is 0 Å². The molecule has 0 saturated carbocycles. The summed E-state index contributed by atoms with van der Waals surface area (Å²) in [5, 5.41) is 0.879. The van der Waals surface area contributed by atoms with Crippen LogP contribution in [-0.4, -0.2) is 4.34 Å². The Morgan fingerprint density at radius 1 is 0.621 bits per heavy atom. The van der Waals surface area contributed by atoms with Gasteiger partial charge < -0.3 is 18.1 Å². The summed E-state index contributed by atoms with van der Waals surface area (Å²) in [5.74, 6) is 1.59. The molecule has 2 aliphatic heterocycles.